The van der Waals surface area contributed by atoms with Crippen LogP contribution in [0.2, 0.25) is 10.0 Å². The zero-order valence-electron chi connectivity index (χ0n) is 16.2. The first-order valence-corrected chi connectivity index (χ1v) is 10.3. The van der Waals surface area contributed by atoms with Gasteiger partial charge < -0.3 is 15.1 Å². The standard InChI is InChI=1S/C21H23Cl2N5O/c1-27(17-7-11-28(12-8-17)10-2-9-24)19-5-3-15(22)13-18(19)21(29)26-20-6-4-16(23)14-25-20/h3-6,13-14,17H,2,7-8,10-12H2,1H3,(H,25,26,29). The lowest BCUT2D eigenvalue weighted by Gasteiger charge is -2.38. The Morgan fingerprint density at radius 1 is 1.28 bits per heavy atom. The Kier molecular flexibility index (Phi) is 7.32. The second-order valence-corrected chi connectivity index (χ2v) is 7.94. The smallest absolute Gasteiger partial charge is 0.258 e. The van der Waals surface area contributed by atoms with Gasteiger partial charge >= 0.3 is 0 Å². The largest absolute Gasteiger partial charge is 0.371 e. The Morgan fingerprint density at radius 2 is 2.00 bits per heavy atom. The molecular weight excluding hydrogens is 409 g/mol. The summed E-state index contributed by atoms with van der Waals surface area (Å²) in [4.78, 5) is 21.5. The van der Waals surface area contributed by atoms with Crippen LogP contribution in [0.3, 0.4) is 0 Å². The summed E-state index contributed by atoms with van der Waals surface area (Å²) >= 11 is 12.0. The first kappa shape index (κ1) is 21.4. The number of pyridine rings is 1. The lowest BCUT2D eigenvalue weighted by Crippen LogP contribution is -2.44. The van der Waals surface area contributed by atoms with Gasteiger partial charge in [0.25, 0.3) is 5.91 Å². The van der Waals surface area contributed by atoms with Gasteiger partial charge in [0.05, 0.1) is 16.7 Å². The molecule has 1 aromatic heterocycles. The number of anilines is 2. The molecule has 1 aliphatic heterocycles. The van der Waals surface area contributed by atoms with Crippen LogP contribution in [0.15, 0.2) is 36.5 Å². The average Bonchev–Trinajstić information content (AvgIpc) is 2.73. The zero-order valence-corrected chi connectivity index (χ0v) is 17.7. The fourth-order valence-corrected chi connectivity index (χ4v) is 3.85. The van der Waals surface area contributed by atoms with Crippen LogP contribution in [-0.4, -0.2) is 48.5 Å². The van der Waals surface area contributed by atoms with E-state index in [9.17, 15) is 4.79 Å². The number of hydrogen-bond acceptors (Lipinski definition) is 5. The summed E-state index contributed by atoms with van der Waals surface area (Å²) in [5.74, 6) is 0.161. The van der Waals surface area contributed by atoms with E-state index in [0.717, 1.165) is 38.2 Å². The molecule has 0 atom stereocenters. The number of carbonyl (C=O) groups excluding carboxylic acids is 1. The number of rotatable bonds is 6. The maximum atomic E-state index is 12.9. The van der Waals surface area contributed by atoms with Crippen LogP contribution in [0.1, 0.15) is 29.6 Å². The molecule has 1 saturated heterocycles. The highest BCUT2D eigenvalue weighted by atomic mass is 35.5. The Balaban J connectivity index is 1.73. The van der Waals surface area contributed by atoms with Gasteiger partial charge in [0.1, 0.15) is 5.82 Å². The van der Waals surface area contributed by atoms with Crippen molar-refractivity contribution in [3.8, 4) is 6.07 Å². The minimum Gasteiger partial charge on any atom is -0.371 e. The first-order valence-electron chi connectivity index (χ1n) is 9.52. The summed E-state index contributed by atoms with van der Waals surface area (Å²) in [6.45, 7) is 2.70. The number of carbonyl (C=O) groups is 1. The van der Waals surface area contributed by atoms with Crippen molar-refractivity contribution in [1.29, 1.82) is 5.26 Å². The summed E-state index contributed by atoms with van der Waals surface area (Å²) in [6, 6.07) is 11.2. The third-order valence-electron chi connectivity index (χ3n) is 5.20. The summed E-state index contributed by atoms with van der Waals surface area (Å²) in [7, 11) is 2.01. The number of hydrogen-bond donors (Lipinski definition) is 1. The van der Waals surface area contributed by atoms with Crippen molar-refractivity contribution in [1.82, 2.24) is 9.88 Å². The highest BCUT2D eigenvalue weighted by Gasteiger charge is 2.25. The normalized spacial score (nSPS) is 15.0. The monoisotopic (exact) mass is 431 g/mol. The van der Waals surface area contributed by atoms with Crippen LogP contribution in [0.4, 0.5) is 11.5 Å². The van der Waals surface area contributed by atoms with Gasteiger partial charge in [-0.05, 0) is 43.2 Å². The van der Waals surface area contributed by atoms with Crippen molar-refractivity contribution in [2.24, 2.45) is 0 Å². The zero-order chi connectivity index (χ0) is 20.8. The van der Waals surface area contributed by atoms with E-state index < -0.39 is 0 Å². The van der Waals surface area contributed by atoms with Crippen LogP contribution in [-0.2, 0) is 0 Å². The van der Waals surface area contributed by atoms with E-state index in [1.807, 2.05) is 13.1 Å². The van der Waals surface area contributed by atoms with Crippen LogP contribution in [0, 0.1) is 11.3 Å². The number of aromatic nitrogens is 1. The third kappa shape index (κ3) is 5.60. The molecule has 1 amide bonds. The molecule has 0 radical (unpaired) electrons. The van der Waals surface area contributed by atoms with E-state index >= 15 is 0 Å². The van der Waals surface area contributed by atoms with Crippen molar-refractivity contribution in [3.05, 3.63) is 52.1 Å². The molecule has 152 valence electrons. The molecule has 1 aliphatic rings. The minimum atomic E-state index is -0.268. The number of likely N-dealkylation sites (tertiary alicyclic amines) is 1. The molecule has 6 nitrogen and oxygen atoms in total. The van der Waals surface area contributed by atoms with Gasteiger partial charge in [0.2, 0.25) is 0 Å². The molecule has 1 fully saturated rings. The van der Waals surface area contributed by atoms with E-state index in [1.165, 1.54) is 6.20 Å². The van der Waals surface area contributed by atoms with Crippen LogP contribution < -0.4 is 10.2 Å². The number of piperidine rings is 1. The Labute approximate surface area is 181 Å². The number of benzene rings is 1. The van der Waals surface area contributed by atoms with Gasteiger partial charge in [0.15, 0.2) is 0 Å². The van der Waals surface area contributed by atoms with Gasteiger partial charge in [-0.25, -0.2) is 4.98 Å². The van der Waals surface area contributed by atoms with E-state index in [-0.39, 0.29) is 5.91 Å². The SMILES string of the molecule is CN(c1ccc(Cl)cc1C(=O)Nc1ccc(Cl)cn1)C1CCN(CCC#N)CC1. The molecule has 3 rings (SSSR count). The summed E-state index contributed by atoms with van der Waals surface area (Å²) in [5, 5.41) is 12.6. The Bertz CT molecular complexity index is 889. The fraction of sp³-hybridized carbons (Fsp3) is 0.381. The molecule has 2 heterocycles. The van der Waals surface area contributed by atoms with Crippen LogP contribution >= 0.6 is 23.2 Å². The van der Waals surface area contributed by atoms with Gasteiger partial charge in [0, 0.05) is 56.1 Å². The number of halogens is 2. The molecule has 0 bridgehead atoms. The highest BCUT2D eigenvalue weighted by Crippen LogP contribution is 2.29. The number of nitrogens with zero attached hydrogens (tertiary/aromatic N) is 4. The molecule has 0 unspecified atom stereocenters. The number of nitriles is 1. The van der Waals surface area contributed by atoms with Gasteiger partial charge in [-0.3, -0.25) is 4.79 Å². The number of amides is 1. The van der Waals surface area contributed by atoms with Crippen molar-refractivity contribution in [3.63, 3.8) is 0 Å². The predicted octanol–water partition coefficient (Wildman–Crippen LogP) is 4.45. The van der Waals surface area contributed by atoms with Gasteiger partial charge in [-0.2, -0.15) is 5.26 Å². The Morgan fingerprint density at radius 3 is 2.66 bits per heavy atom. The summed E-state index contributed by atoms with van der Waals surface area (Å²) in [5.41, 5.74) is 1.33. The highest BCUT2D eigenvalue weighted by molar-refractivity contribution is 6.31. The average molecular weight is 432 g/mol. The molecule has 8 heteroatoms. The van der Waals surface area contributed by atoms with Crippen molar-refractivity contribution in [2.75, 3.05) is 36.9 Å². The predicted molar refractivity (Wildman–Crippen MR) is 117 cm³/mol. The van der Waals surface area contributed by atoms with Crippen molar-refractivity contribution >= 4 is 40.6 Å². The van der Waals surface area contributed by atoms with E-state index in [2.05, 4.69) is 26.2 Å². The topological polar surface area (TPSA) is 72.3 Å². The van der Waals surface area contributed by atoms with Crippen molar-refractivity contribution in [2.45, 2.75) is 25.3 Å². The maximum absolute atomic E-state index is 12.9. The third-order valence-corrected chi connectivity index (χ3v) is 5.66. The van der Waals surface area contributed by atoms with Crippen LogP contribution in [0.25, 0.3) is 0 Å². The summed E-state index contributed by atoms with van der Waals surface area (Å²) in [6.07, 6.45) is 4.00. The number of nitrogens with one attached hydrogen (secondary N) is 1. The van der Waals surface area contributed by atoms with E-state index in [4.69, 9.17) is 28.5 Å². The van der Waals surface area contributed by atoms with Gasteiger partial charge in [-0.1, -0.05) is 23.2 Å². The second kappa shape index (κ2) is 9.93. The fourth-order valence-electron chi connectivity index (χ4n) is 3.57. The molecule has 2 aromatic rings. The molecular formula is C21H23Cl2N5O. The molecule has 29 heavy (non-hydrogen) atoms. The molecule has 1 aromatic carbocycles. The second-order valence-electron chi connectivity index (χ2n) is 7.07. The Hall–Kier alpha value is -2.33. The van der Waals surface area contributed by atoms with Crippen LogP contribution in [0.5, 0.6) is 0 Å². The van der Waals surface area contributed by atoms with Gasteiger partial charge in [-0.15, -0.1) is 0 Å². The molecule has 0 saturated carbocycles. The first-order chi connectivity index (χ1) is 14.0. The molecule has 0 aliphatic carbocycles. The van der Waals surface area contributed by atoms with E-state index in [1.54, 1.807) is 24.3 Å². The quantitative estimate of drug-likeness (QED) is 0.730. The minimum absolute atomic E-state index is 0.268. The van der Waals surface area contributed by atoms with E-state index in [0.29, 0.717) is 33.9 Å². The lowest BCUT2D eigenvalue weighted by molar-refractivity contribution is 0.102. The summed E-state index contributed by atoms with van der Waals surface area (Å²) < 4.78 is 0. The maximum Gasteiger partial charge on any atom is 0.258 e. The molecule has 1 N–H and O–H groups in total. The lowest BCUT2D eigenvalue weighted by atomic mass is 10.0. The molecule has 0 spiro atoms. The van der Waals surface area contributed by atoms with Crippen molar-refractivity contribution < 1.29 is 4.79 Å².